The van der Waals surface area contributed by atoms with Gasteiger partial charge < -0.3 is 10.0 Å². The van der Waals surface area contributed by atoms with Gasteiger partial charge in [-0.15, -0.1) is 0 Å². The lowest BCUT2D eigenvalue weighted by molar-refractivity contribution is 0.111. The molecule has 0 fully saturated rings. The van der Waals surface area contributed by atoms with Crippen molar-refractivity contribution in [1.82, 2.24) is 4.90 Å². The Bertz CT molecular complexity index is 1170. The molecule has 0 bridgehead atoms. The summed E-state index contributed by atoms with van der Waals surface area (Å²) in [5.41, 5.74) is 7.66. The summed E-state index contributed by atoms with van der Waals surface area (Å²) in [6, 6.07) is 11.8. The zero-order valence-electron chi connectivity index (χ0n) is 21.5. The number of halogens is 3. The number of hydrogen-bond donors (Lipinski definition) is 1. The van der Waals surface area contributed by atoms with Crippen molar-refractivity contribution < 1.29 is 5.11 Å². The van der Waals surface area contributed by atoms with E-state index in [1.165, 1.54) is 5.57 Å². The molecule has 2 aliphatic carbocycles. The number of unbranched alkanes of at least 4 members (excludes halogenated alkanes) is 2. The van der Waals surface area contributed by atoms with Crippen LogP contribution in [0.2, 0.25) is 10.0 Å². The average molecular weight is 545 g/mol. The number of allylic oxidation sites excluding steroid dienone is 5. The minimum atomic E-state index is -0.622. The third-order valence-electron chi connectivity index (χ3n) is 7.20. The average Bonchev–Trinajstić information content (AvgIpc) is 3.14. The minimum absolute atomic E-state index is 0.246. The van der Waals surface area contributed by atoms with Crippen molar-refractivity contribution in [1.29, 1.82) is 0 Å². The van der Waals surface area contributed by atoms with Gasteiger partial charge in [0.25, 0.3) is 0 Å². The van der Waals surface area contributed by atoms with Gasteiger partial charge in [-0.2, -0.15) is 0 Å². The second-order valence-corrected chi connectivity index (χ2v) is 11.4. The van der Waals surface area contributed by atoms with Crippen LogP contribution in [0.25, 0.3) is 17.2 Å². The minimum Gasteiger partial charge on any atom is -0.387 e. The van der Waals surface area contributed by atoms with Crippen LogP contribution in [0, 0.1) is 5.92 Å². The molecule has 2 atom stereocenters. The number of aliphatic hydroxyl groups excluding tert-OH is 1. The Morgan fingerprint density at radius 2 is 1.67 bits per heavy atom. The number of rotatable bonds is 10. The van der Waals surface area contributed by atoms with Crippen LogP contribution in [0.15, 0.2) is 53.1 Å². The molecule has 2 unspecified atom stereocenters. The van der Waals surface area contributed by atoms with E-state index in [0.717, 1.165) is 83.6 Å². The Balaban J connectivity index is 1.81. The van der Waals surface area contributed by atoms with Crippen molar-refractivity contribution in [3.8, 4) is 0 Å². The lowest BCUT2D eigenvalue weighted by Crippen LogP contribution is -2.31. The normalized spacial score (nSPS) is 19.1. The smallest absolute Gasteiger partial charge is 0.0923 e. The van der Waals surface area contributed by atoms with Gasteiger partial charge in [0.2, 0.25) is 0 Å². The van der Waals surface area contributed by atoms with Gasteiger partial charge in [-0.25, -0.2) is 0 Å². The predicted octanol–water partition coefficient (Wildman–Crippen LogP) is 9.40. The van der Waals surface area contributed by atoms with Crippen LogP contribution >= 0.6 is 34.8 Å². The Morgan fingerprint density at radius 3 is 2.31 bits per heavy atom. The highest BCUT2D eigenvalue weighted by atomic mass is 35.5. The maximum absolute atomic E-state index is 11.6. The molecular formula is C31H36Cl3NO. The fraction of sp³-hybridized carbons (Fsp3) is 0.419. The van der Waals surface area contributed by atoms with Crippen molar-refractivity contribution in [2.24, 2.45) is 5.92 Å². The maximum Gasteiger partial charge on any atom is 0.0923 e. The predicted molar refractivity (Wildman–Crippen MR) is 157 cm³/mol. The summed E-state index contributed by atoms with van der Waals surface area (Å²) >= 11 is 19.4. The van der Waals surface area contributed by atoms with Gasteiger partial charge in [0.1, 0.15) is 0 Å². The number of aliphatic hydroxyl groups is 1. The van der Waals surface area contributed by atoms with E-state index >= 15 is 0 Å². The Kier molecular flexibility index (Phi) is 9.41. The van der Waals surface area contributed by atoms with Crippen molar-refractivity contribution in [3.63, 3.8) is 0 Å². The third kappa shape index (κ3) is 6.11. The summed E-state index contributed by atoms with van der Waals surface area (Å²) in [4.78, 5) is 2.40. The summed E-state index contributed by atoms with van der Waals surface area (Å²) in [6.07, 6.45) is 9.00. The molecule has 36 heavy (non-hydrogen) atoms. The standard InChI is InChI=1S/C31H36Cl3NO/c1-4-6-12-35(13-7-5-2)19-29(36)28-18-24(34)17-27-25(15-21-8-10-22(32)11-9-21)26-16-23(33)14-20(3)30(26)31(27)28/h8-11,15-18,20,29,36H,4-7,12-14,19H2,1-3H3/b25-15-. The molecule has 0 aromatic heterocycles. The van der Waals surface area contributed by atoms with E-state index in [0.29, 0.717) is 16.6 Å². The molecule has 2 aromatic rings. The maximum atomic E-state index is 11.6. The van der Waals surface area contributed by atoms with Crippen LogP contribution < -0.4 is 0 Å². The van der Waals surface area contributed by atoms with Gasteiger partial charge in [-0.3, -0.25) is 0 Å². The molecule has 0 spiro atoms. The van der Waals surface area contributed by atoms with E-state index < -0.39 is 6.10 Å². The summed E-state index contributed by atoms with van der Waals surface area (Å²) in [5, 5.41) is 13.8. The first-order valence-electron chi connectivity index (χ1n) is 13.1. The largest absolute Gasteiger partial charge is 0.387 e. The van der Waals surface area contributed by atoms with Crippen LogP contribution in [-0.2, 0) is 0 Å². The van der Waals surface area contributed by atoms with E-state index in [1.54, 1.807) is 0 Å². The molecule has 2 aliphatic rings. The summed E-state index contributed by atoms with van der Waals surface area (Å²) < 4.78 is 0. The van der Waals surface area contributed by atoms with E-state index in [9.17, 15) is 5.11 Å². The Labute approximate surface area is 231 Å². The van der Waals surface area contributed by atoms with E-state index in [4.69, 9.17) is 34.8 Å². The lowest BCUT2D eigenvalue weighted by Gasteiger charge is -2.28. The molecule has 0 saturated carbocycles. The molecule has 0 heterocycles. The van der Waals surface area contributed by atoms with E-state index in [2.05, 4.69) is 37.8 Å². The molecule has 192 valence electrons. The zero-order chi connectivity index (χ0) is 25.8. The second-order valence-electron chi connectivity index (χ2n) is 10.1. The molecule has 0 amide bonds. The molecule has 0 radical (unpaired) electrons. The van der Waals surface area contributed by atoms with Gasteiger partial charge in [0.15, 0.2) is 0 Å². The van der Waals surface area contributed by atoms with Gasteiger partial charge in [-0.05, 0) is 114 Å². The van der Waals surface area contributed by atoms with Gasteiger partial charge >= 0.3 is 0 Å². The second kappa shape index (κ2) is 12.3. The highest BCUT2D eigenvalue weighted by Gasteiger charge is 2.35. The SMILES string of the molecule is CCCCN(CCCC)CC(O)c1cc(Cl)cc2c1C1=C(C=C(Cl)CC1C)/C2=C/c1ccc(Cl)cc1. The lowest BCUT2D eigenvalue weighted by atomic mass is 9.84. The fourth-order valence-electron chi connectivity index (χ4n) is 5.39. The molecule has 1 N–H and O–H groups in total. The Hall–Kier alpha value is -1.55. The van der Waals surface area contributed by atoms with Gasteiger partial charge in [0, 0.05) is 21.6 Å². The Morgan fingerprint density at radius 1 is 1.00 bits per heavy atom. The molecule has 4 rings (SSSR count). The quantitative estimate of drug-likeness (QED) is 0.322. The fourth-order valence-corrected chi connectivity index (χ4v) is 6.08. The summed E-state index contributed by atoms with van der Waals surface area (Å²) in [6.45, 7) is 9.26. The first-order valence-corrected chi connectivity index (χ1v) is 14.3. The van der Waals surface area contributed by atoms with Crippen molar-refractivity contribution >= 4 is 52.0 Å². The third-order valence-corrected chi connectivity index (χ3v) is 7.93. The highest BCUT2D eigenvalue weighted by Crippen LogP contribution is 2.53. The molecule has 0 saturated heterocycles. The number of benzene rings is 2. The summed E-state index contributed by atoms with van der Waals surface area (Å²) in [7, 11) is 0. The van der Waals surface area contributed by atoms with Crippen LogP contribution in [0.1, 0.15) is 81.2 Å². The monoisotopic (exact) mass is 543 g/mol. The van der Waals surface area contributed by atoms with Gasteiger partial charge in [-0.1, -0.05) is 80.5 Å². The first-order chi connectivity index (χ1) is 17.3. The number of nitrogens with zero attached hydrogens (tertiary/aromatic N) is 1. The molecule has 5 heteroatoms. The van der Waals surface area contributed by atoms with Crippen molar-refractivity contribution in [2.45, 2.75) is 59.0 Å². The highest BCUT2D eigenvalue weighted by molar-refractivity contribution is 6.32. The topological polar surface area (TPSA) is 23.5 Å². The first kappa shape index (κ1) is 27.5. The van der Waals surface area contributed by atoms with Crippen LogP contribution in [0.4, 0.5) is 0 Å². The van der Waals surface area contributed by atoms with Crippen LogP contribution in [-0.4, -0.2) is 29.6 Å². The van der Waals surface area contributed by atoms with E-state index in [1.807, 2.05) is 36.4 Å². The number of hydrogen-bond acceptors (Lipinski definition) is 2. The molecule has 2 aromatic carbocycles. The molecule has 2 nitrogen and oxygen atoms in total. The van der Waals surface area contributed by atoms with Crippen molar-refractivity contribution in [2.75, 3.05) is 19.6 Å². The zero-order valence-corrected chi connectivity index (χ0v) is 23.7. The van der Waals surface area contributed by atoms with Crippen molar-refractivity contribution in [3.05, 3.63) is 85.4 Å². The molecule has 0 aliphatic heterocycles. The molecular weight excluding hydrogens is 509 g/mol. The van der Waals surface area contributed by atoms with Crippen LogP contribution in [0.5, 0.6) is 0 Å². The number of fused-ring (bicyclic) bond motifs is 2. The van der Waals surface area contributed by atoms with Crippen LogP contribution in [0.3, 0.4) is 0 Å². The van der Waals surface area contributed by atoms with Gasteiger partial charge in [0.05, 0.1) is 6.10 Å². The van der Waals surface area contributed by atoms with E-state index in [-0.39, 0.29) is 5.92 Å². The summed E-state index contributed by atoms with van der Waals surface area (Å²) in [5.74, 6) is 0.246.